The van der Waals surface area contributed by atoms with Gasteiger partial charge in [-0.25, -0.2) is 0 Å². The maximum Gasteiger partial charge on any atom is 0.0512 e. The predicted molar refractivity (Wildman–Crippen MR) is 69.6 cm³/mol. The molecule has 0 fully saturated rings. The van der Waals surface area contributed by atoms with Crippen LogP contribution in [0.5, 0.6) is 0 Å². The van der Waals surface area contributed by atoms with Crippen molar-refractivity contribution in [1.29, 1.82) is 0 Å². The normalized spacial score (nSPS) is 13.8. The first-order valence-electron chi connectivity index (χ1n) is 6.13. The van der Waals surface area contributed by atoms with E-state index in [1.807, 2.05) is 6.92 Å². The zero-order valence-corrected chi connectivity index (χ0v) is 11.0. The summed E-state index contributed by atoms with van der Waals surface area (Å²) in [7, 11) is 0. The van der Waals surface area contributed by atoms with Crippen molar-refractivity contribution in [1.82, 2.24) is 0 Å². The Hall–Kier alpha value is -0.820. The molecule has 0 aromatic heterocycles. The molecular weight excluding hydrogens is 196 g/mol. The van der Waals surface area contributed by atoms with Crippen LogP contribution in [0.25, 0.3) is 0 Å². The van der Waals surface area contributed by atoms with Crippen LogP contribution < -0.4 is 0 Å². The van der Waals surface area contributed by atoms with Gasteiger partial charge in [-0.05, 0) is 44.1 Å². The highest BCUT2D eigenvalue weighted by molar-refractivity contribution is 5.23. The number of hydrogen-bond donors (Lipinski definition) is 1. The molecule has 1 aromatic rings. The second-order valence-corrected chi connectivity index (χ2v) is 5.72. The van der Waals surface area contributed by atoms with Crippen molar-refractivity contribution in [3.8, 4) is 0 Å². The average molecular weight is 220 g/mol. The summed E-state index contributed by atoms with van der Waals surface area (Å²) in [4.78, 5) is 0. The van der Waals surface area contributed by atoms with Gasteiger partial charge < -0.3 is 5.11 Å². The Morgan fingerprint density at radius 1 is 1.31 bits per heavy atom. The molecule has 1 N–H and O–H groups in total. The maximum atomic E-state index is 9.33. The predicted octanol–water partition coefficient (Wildman–Crippen LogP) is 3.72. The summed E-state index contributed by atoms with van der Waals surface area (Å²) in [5.41, 5.74) is 2.99. The fraction of sp³-hybridized carbons (Fsp3) is 0.600. The van der Waals surface area contributed by atoms with Crippen molar-refractivity contribution >= 4 is 0 Å². The molecule has 0 unspecified atom stereocenters. The number of benzene rings is 1. The topological polar surface area (TPSA) is 20.2 Å². The lowest BCUT2D eigenvalue weighted by Gasteiger charge is -2.25. The largest absolute Gasteiger partial charge is 0.393 e. The summed E-state index contributed by atoms with van der Waals surface area (Å²) in [6.45, 7) is 8.55. The van der Waals surface area contributed by atoms with Gasteiger partial charge >= 0.3 is 0 Å². The van der Waals surface area contributed by atoms with Gasteiger partial charge in [-0.3, -0.25) is 0 Å². The molecule has 1 aromatic carbocycles. The van der Waals surface area contributed by atoms with Gasteiger partial charge in [0.15, 0.2) is 0 Å². The van der Waals surface area contributed by atoms with E-state index in [-0.39, 0.29) is 11.5 Å². The molecule has 0 bridgehead atoms. The molecule has 16 heavy (non-hydrogen) atoms. The number of aliphatic hydroxyl groups is 1. The van der Waals surface area contributed by atoms with E-state index in [2.05, 4.69) is 45.0 Å². The van der Waals surface area contributed by atoms with Gasteiger partial charge in [-0.2, -0.15) is 0 Å². The molecule has 0 radical (unpaired) electrons. The molecule has 0 aliphatic rings. The van der Waals surface area contributed by atoms with Crippen molar-refractivity contribution in [3.05, 3.63) is 35.4 Å². The summed E-state index contributed by atoms with van der Waals surface area (Å²) >= 11 is 0. The lowest BCUT2D eigenvalue weighted by Crippen LogP contribution is -2.17. The molecule has 0 aliphatic carbocycles. The van der Waals surface area contributed by atoms with E-state index in [9.17, 15) is 5.11 Å². The molecule has 0 saturated heterocycles. The Labute approximate surface area is 99.5 Å². The number of aryl methyl sites for hydroxylation is 1. The molecule has 0 amide bonds. The average Bonchev–Trinajstić information content (AvgIpc) is 2.14. The van der Waals surface area contributed by atoms with E-state index in [1.165, 1.54) is 11.1 Å². The van der Waals surface area contributed by atoms with Crippen molar-refractivity contribution in [3.63, 3.8) is 0 Å². The van der Waals surface area contributed by atoms with Gasteiger partial charge in [-0.1, -0.05) is 43.7 Å². The van der Waals surface area contributed by atoms with Crippen molar-refractivity contribution < 1.29 is 5.11 Å². The fourth-order valence-electron chi connectivity index (χ4n) is 2.06. The molecule has 0 spiro atoms. The Morgan fingerprint density at radius 2 is 2.00 bits per heavy atom. The zero-order valence-electron chi connectivity index (χ0n) is 11.0. The van der Waals surface area contributed by atoms with Crippen LogP contribution in [0.2, 0.25) is 0 Å². The molecule has 90 valence electrons. The minimum absolute atomic E-state index is 0.184. The van der Waals surface area contributed by atoms with Gasteiger partial charge in [0.05, 0.1) is 6.10 Å². The van der Waals surface area contributed by atoms with Crippen LogP contribution in [0, 0.1) is 12.3 Å². The molecule has 0 saturated carbocycles. The second kappa shape index (κ2) is 5.49. The summed E-state index contributed by atoms with van der Waals surface area (Å²) < 4.78 is 0. The lowest BCUT2D eigenvalue weighted by molar-refractivity contribution is 0.159. The van der Waals surface area contributed by atoms with Gasteiger partial charge in [0.1, 0.15) is 0 Å². The minimum Gasteiger partial charge on any atom is -0.393 e. The first kappa shape index (κ1) is 13.2. The first-order valence-corrected chi connectivity index (χ1v) is 6.13. The van der Waals surface area contributed by atoms with Crippen molar-refractivity contribution in [2.45, 2.75) is 53.1 Å². The maximum absolute atomic E-state index is 9.33. The highest BCUT2D eigenvalue weighted by Crippen LogP contribution is 2.28. The van der Waals surface area contributed by atoms with E-state index in [4.69, 9.17) is 0 Å². The lowest BCUT2D eigenvalue weighted by atomic mass is 9.81. The Kier molecular flexibility index (Phi) is 4.55. The highest BCUT2D eigenvalue weighted by Gasteiger charge is 2.19. The third kappa shape index (κ3) is 4.80. The van der Waals surface area contributed by atoms with Crippen LogP contribution in [0.1, 0.15) is 44.7 Å². The number of rotatable bonds is 5. The van der Waals surface area contributed by atoms with E-state index in [1.54, 1.807) is 0 Å². The third-order valence-corrected chi connectivity index (χ3v) is 3.00. The van der Waals surface area contributed by atoms with E-state index >= 15 is 0 Å². The SMILES string of the molecule is Cc1cccc(CC(C)(C)CC[C@@H](C)O)c1. The van der Waals surface area contributed by atoms with Gasteiger partial charge in [0, 0.05) is 0 Å². The fourth-order valence-corrected chi connectivity index (χ4v) is 2.06. The van der Waals surface area contributed by atoms with E-state index in [0.29, 0.717) is 0 Å². The van der Waals surface area contributed by atoms with Crippen LogP contribution >= 0.6 is 0 Å². The van der Waals surface area contributed by atoms with Crippen LogP contribution in [-0.2, 0) is 6.42 Å². The Bertz CT molecular complexity index is 326. The molecule has 1 nitrogen and oxygen atoms in total. The molecule has 0 aliphatic heterocycles. The monoisotopic (exact) mass is 220 g/mol. The van der Waals surface area contributed by atoms with Crippen molar-refractivity contribution in [2.75, 3.05) is 0 Å². The van der Waals surface area contributed by atoms with Crippen LogP contribution in [-0.4, -0.2) is 11.2 Å². The number of hydrogen-bond acceptors (Lipinski definition) is 1. The molecule has 1 atom stereocenters. The molecule has 1 heteroatoms. The van der Waals surface area contributed by atoms with Gasteiger partial charge in [0.2, 0.25) is 0 Å². The summed E-state index contributed by atoms with van der Waals surface area (Å²) in [6.07, 6.45) is 2.86. The smallest absolute Gasteiger partial charge is 0.0512 e. The Morgan fingerprint density at radius 3 is 2.56 bits per heavy atom. The first-order chi connectivity index (χ1) is 7.39. The van der Waals surface area contributed by atoms with Crippen molar-refractivity contribution in [2.24, 2.45) is 5.41 Å². The van der Waals surface area contributed by atoms with Crippen LogP contribution in [0.3, 0.4) is 0 Å². The summed E-state index contributed by atoms with van der Waals surface area (Å²) in [5.74, 6) is 0. The summed E-state index contributed by atoms with van der Waals surface area (Å²) in [5, 5.41) is 9.33. The van der Waals surface area contributed by atoms with E-state index in [0.717, 1.165) is 19.3 Å². The zero-order chi connectivity index (χ0) is 12.2. The van der Waals surface area contributed by atoms with Crippen LogP contribution in [0.4, 0.5) is 0 Å². The van der Waals surface area contributed by atoms with Crippen LogP contribution in [0.15, 0.2) is 24.3 Å². The van der Waals surface area contributed by atoms with Gasteiger partial charge in [-0.15, -0.1) is 0 Å². The Balaban J connectivity index is 2.58. The van der Waals surface area contributed by atoms with Gasteiger partial charge in [0.25, 0.3) is 0 Å². The third-order valence-electron chi connectivity index (χ3n) is 3.00. The molecule has 0 heterocycles. The standard InChI is InChI=1S/C15H24O/c1-12-6-5-7-14(10-12)11-15(3,4)9-8-13(2)16/h5-7,10,13,16H,8-9,11H2,1-4H3/t13-/m1/s1. The van der Waals surface area contributed by atoms with E-state index < -0.39 is 0 Å². The quantitative estimate of drug-likeness (QED) is 0.801. The number of aliphatic hydroxyl groups excluding tert-OH is 1. The summed E-state index contributed by atoms with van der Waals surface area (Å²) in [6, 6.07) is 8.70. The molecular formula is C15H24O. The molecule has 1 rings (SSSR count). The second-order valence-electron chi connectivity index (χ2n) is 5.72. The minimum atomic E-state index is -0.184. The highest BCUT2D eigenvalue weighted by atomic mass is 16.3.